The van der Waals surface area contributed by atoms with Crippen LogP contribution in [0, 0.1) is 5.92 Å². The van der Waals surface area contributed by atoms with Crippen molar-refractivity contribution in [1.82, 2.24) is 0 Å². The fourth-order valence-electron chi connectivity index (χ4n) is 2.39. The monoisotopic (exact) mass is 312 g/mol. The van der Waals surface area contributed by atoms with E-state index in [4.69, 9.17) is 16.2 Å². The van der Waals surface area contributed by atoms with Crippen molar-refractivity contribution in [3.8, 4) is 5.75 Å². The topological polar surface area (TPSA) is 78.3 Å². The zero-order valence-electron chi connectivity index (χ0n) is 10.1. The average molecular weight is 313 g/mol. The lowest BCUT2D eigenvalue weighted by Crippen LogP contribution is -2.28. The van der Waals surface area contributed by atoms with Gasteiger partial charge in [0.2, 0.25) is 0 Å². The minimum absolute atomic E-state index is 0.0856. The van der Waals surface area contributed by atoms with Crippen molar-refractivity contribution in [2.75, 3.05) is 6.54 Å². The number of carbonyl (C=O) groups is 1. The first-order valence-corrected chi connectivity index (χ1v) is 6.87. The molecule has 4 nitrogen and oxygen atoms in total. The number of nitrogens with two attached hydrogens (primary N) is 2. The summed E-state index contributed by atoms with van der Waals surface area (Å²) in [4.78, 5) is 11.4. The maximum absolute atomic E-state index is 11.4. The average Bonchev–Trinajstić information content (AvgIpc) is 2.76. The zero-order valence-corrected chi connectivity index (χ0v) is 11.7. The van der Waals surface area contributed by atoms with Gasteiger partial charge in [0.1, 0.15) is 11.9 Å². The van der Waals surface area contributed by atoms with Crippen molar-refractivity contribution in [2.45, 2.75) is 25.4 Å². The fourth-order valence-corrected chi connectivity index (χ4v) is 2.73. The van der Waals surface area contributed by atoms with E-state index >= 15 is 0 Å². The first-order chi connectivity index (χ1) is 8.61. The van der Waals surface area contributed by atoms with E-state index in [-0.39, 0.29) is 6.10 Å². The molecule has 1 aliphatic carbocycles. The number of hydrogen-bond acceptors (Lipinski definition) is 3. The smallest absolute Gasteiger partial charge is 0.252 e. The molecular formula is C13H17BrN2O2. The number of rotatable bonds is 4. The Hall–Kier alpha value is -1.07. The Kier molecular flexibility index (Phi) is 4.24. The van der Waals surface area contributed by atoms with Gasteiger partial charge in [-0.1, -0.05) is 15.9 Å². The van der Waals surface area contributed by atoms with Gasteiger partial charge in [0.25, 0.3) is 5.91 Å². The molecule has 4 N–H and O–H groups in total. The van der Waals surface area contributed by atoms with Crippen LogP contribution < -0.4 is 16.2 Å². The van der Waals surface area contributed by atoms with Crippen molar-refractivity contribution < 1.29 is 9.53 Å². The van der Waals surface area contributed by atoms with Crippen LogP contribution in [0.15, 0.2) is 22.7 Å². The third kappa shape index (κ3) is 2.84. The first-order valence-electron chi connectivity index (χ1n) is 6.08. The van der Waals surface area contributed by atoms with Crippen molar-refractivity contribution >= 4 is 21.8 Å². The van der Waals surface area contributed by atoms with Gasteiger partial charge in [-0.2, -0.15) is 0 Å². The molecule has 0 spiro atoms. The number of ether oxygens (including phenoxy) is 1. The SMILES string of the molecule is NCC1CCCC1Oc1cc(Br)ccc1C(N)=O. The van der Waals surface area contributed by atoms with Gasteiger partial charge < -0.3 is 16.2 Å². The van der Waals surface area contributed by atoms with E-state index in [0.29, 0.717) is 23.8 Å². The molecule has 1 saturated carbocycles. The first kappa shape index (κ1) is 13.4. The molecule has 1 aromatic rings. The Morgan fingerprint density at radius 2 is 2.22 bits per heavy atom. The second-order valence-corrected chi connectivity index (χ2v) is 5.50. The lowest BCUT2D eigenvalue weighted by molar-refractivity contribution is 0.0989. The summed E-state index contributed by atoms with van der Waals surface area (Å²) in [6, 6.07) is 5.24. The summed E-state index contributed by atoms with van der Waals surface area (Å²) in [6.07, 6.45) is 3.27. The summed E-state index contributed by atoms with van der Waals surface area (Å²) >= 11 is 3.37. The summed E-state index contributed by atoms with van der Waals surface area (Å²) < 4.78 is 6.81. The number of carbonyl (C=O) groups excluding carboxylic acids is 1. The van der Waals surface area contributed by atoms with Crippen molar-refractivity contribution in [3.63, 3.8) is 0 Å². The van der Waals surface area contributed by atoms with E-state index in [9.17, 15) is 4.79 Å². The van der Waals surface area contributed by atoms with E-state index in [1.54, 1.807) is 18.2 Å². The maximum Gasteiger partial charge on any atom is 0.252 e. The highest BCUT2D eigenvalue weighted by Gasteiger charge is 2.28. The Morgan fingerprint density at radius 3 is 2.89 bits per heavy atom. The number of benzene rings is 1. The molecule has 5 heteroatoms. The van der Waals surface area contributed by atoms with Gasteiger partial charge in [-0.3, -0.25) is 4.79 Å². The van der Waals surface area contributed by atoms with E-state index < -0.39 is 5.91 Å². The predicted molar refractivity (Wildman–Crippen MR) is 73.5 cm³/mol. The Balaban J connectivity index is 2.22. The lowest BCUT2D eigenvalue weighted by Gasteiger charge is -2.21. The third-order valence-electron chi connectivity index (χ3n) is 3.38. The largest absolute Gasteiger partial charge is 0.489 e. The predicted octanol–water partition coefficient (Wildman–Crippen LogP) is 2.05. The lowest BCUT2D eigenvalue weighted by atomic mass is 10.1. The van der Waals surface area contributed by atoms with E-state index in [2.05, 4.69) is 15.9 Å². The second-order valence-electron chi connectivity index (χ2n) is 4.59. The maximum atomic E-state index is 11.4. The highest BCUT2D eigenvalue weighted by atomic mass is 79.9. The van der Waals surface area contributed by atoms with Gasteiger partial charge in [-0.05, 0) is 44.0 Å². The summed E-state index contributed by atoms with van der Waals surface area (Å²) in [7, 11) is 0. The minimum atomic E-state index is -0.472. The van der Waals surface area contributed by atoms with Crippen LogP contribution in [0.2, 0.25) is 0 Å². The molecule has 0 radical (unpaired) electrons. The molecule has 1 aromatic carbocycles. The molecule has 0 saturated heterocycles. The molecule has 0 aliphatic heterocycles. The van der Waals surface area contributed by atoms with Gasteiger partial charge >= 0.3 is 0 Å². The van der Waals surface area contributed by atoms with Gasteiger partial charge in [-0.25, -0.2) is 0 Å². The number of hydrogen-bond donors (Lipinski definition) is 2. The highest BCUT2D eigenvalue weighted by Crippen LogP contribution is 2.32. The van der Waals surface area contributed by atoms with Crippen LogP contribution in [0.3, 0.4) is 0 Å². The minimum Gasteiger partial charge on any atom is -0.489 e. The molecule has 2 atom stereocenters. The summed E-state index contributed by atoms with van der Waals surface area (Å²) in [5.41, 5.74) is 11.5. The number of halogens is 1. The standard InChI is InChI=1S/C13H17BrN2O2/c14-9-4-5-10(13(16)17)12(6-9)18-11-3-1-2-8(11)7-15/h4-6,8,11H,1-3,7,15H2,(H2,16,17). The zero-order chi connectivity index (χ0) is 13.1. The van der Waals surface area contributed by atoms with Crippen LogP contribution >= 0.6 is 15.9 Å². The molecule has 18 heavy (non-hydrogen) atoms. The van der Waals surface area contributed by atoms with E-state index in [0.717, 1.165) is 23.7 Å². The van der Waals surface area contributed by atoms with Gasteiger partial charge in [0, 0.05) is 10.4 Å². The number of amides is 1. The third-order valence-corrected chi connectivity index (χ3v) is 3.87. The van der Waals surface area contributed by atoms with Crippen LogP contribution in [0.1, 0.15) is 29.6 Å². The molecule has 1 amide bonds. The molecule has 2 unspecified atom stereocenters. The second kappa shape index (κ2) is 5.71. The molecule has 0 heterocycles. The van der Waals surface area contributed by atoms with Gasteiger partial charge in [-0.15, -0.1) is 0 Å². The van der Waals surface area contributed by atoms with Crippen molar-refractivity contribution in [3.05, 3.63) is 28.2 Å². The molecule has 0 aromatic heterocycles. The van der Waals surface area contributed by atoms with E-state index in [1.807, 2.05) is 0 Å². The highest BCUT2D eigenvalue weighted by molar-refractivity contribution is 9.10. The Morgan fingerprint density at radius 1 is 1.44 bits per heavy atom. The van der Waals surface area contributed by atoms with Crippen LogP contribution in [-0.4, -0.2) is 18.6 Å². The fraction of sp³-hybridized carbons (Fsp3) is 0.462. The van der Waals surface area contributed by atoms with Crippen LogP contribution in [0.25, 0.3) is 0 Å². The van der Waals surface area contributed by atoms with Crippen molar-refractivity contribution in [1.29, 1.82) is 0 Å². The normalized spacial score (nSPS) is 23.0. The molecule has 2 rings (SSSR count). The molecular weight excluding hydrogens is 296 g/mol. The summed E-state index contributed by atoms with van der Waals surface area (Å²) in [5, 5.41) is 0. The van der Waals surface area contributed by atoms with E-state index in [1.165, 1.54) is 0 Å². The Bertz CT molecular complexity index is 451. The quantitative estimate of drug-likeness (QED) is 0.893. The van der Waals surface area contributed by atoms with Crippen LogP contribution in [-0.2, 0) is 0 Å². The summed E-state index contributed by atoms with van der Waals surface area (Å²) in [5.74, 6) is 0.437. The van der Waals surface area contributed by atoms with Gasteiger partial charge in [0.05, 0.1) is 5.56 Å². The molecule has 1 fully saturated rings. The molecule has 98 valence electrons. The van der Waals surface area contributed by atoms with Gasteiger partial charge in [0.15, 0.2) is 0 Å². The van der Waals surface area contributed by atoms with Crippen molar-refractivity contribution in [2.24, 2.45) is 17.4 Å². The van der Waals surface area contributed by atoms with Crippen LogP contribution in [0.5, 0.6) is 5.75 Å². The molecule has 0 bridgehead atoms. The Labute approximate surface area is 115 Å². The summed E-state index contributed by atoms with van der Waals surface area (Å²) in [6.45, 7) is 0.616. The molecule has 1 aliphatic rings. The van der Waals surface area contributed by atoms with Crippen LogP contribution in [0.4, 0.5) is 0 Å². The number of primary amides is 1.